The molecule has 21 heavy (non-hydrogen) atoms. The van der Waals surface area contributed by atoms with Crippen molar-refractivity contribution >= 4 is 15.5 Å². The number of rotatable bonds is 8. The lowest BCUT2D eigenvalue weighted by atomic mass is 9.98. The van der Waals surface area contributed by atoms with Crippen molar-refractivity contribution in [3.05, 3.63) is 24.3 Å². The largest absolute Gasteiger partial charge is 0.385 e. The minimum Gasteiger partial charge on any atom is -0.385 e. The Morgan fingerprint density at radius 3 is 2.14 bits per heavy atom. The molecule has 116 valence electrons. The summed E-state index contributed by atoms with van der Waals surface area (Å²) in [5.41, 5.74) is 1.04. The van der Waals surface area contributed by atoms with Crippen LogP contribution in [0.1, 0.15) is 39.0 Å². The van der Waals surface area contributed by atoms with Gasteiger partial charge < -0.3 is 5.32 Å². The molecule has 0 bridgehead atoms. The molecule has 0 amide bonds. The minimum absolute atomic E-state index is 0.227. The summed E-state index contributed by atoms with van der Waals surface area (Å²) in [6.07, 6.45) is 6.26. The highest BCUT2D eigenvalue weighted by atomic mass is 32.2. The molecule has 0 radical (unpaired) electrons. The van der Waals surface area contributed by atoms with Crippen LogP contribution in [0.15, 0.2) is 29.2 Å². The molecule has 4 heteroatoms. The fourth-order valence-electron chi connectivity index (χ4n) is 3.17. The van der Waals surface area contributed by atoms with Gasteiger partial charge in [0.05, 0.1) is 10.6 Å². The first-order chi connectivity index (χ1) is 10.1. The second-order valence-electron chi connectivity index (χ2n) is 6.56. The fourth-order valence-corrected chi connectivity index (χ4v) is 4.49. The quantitative estimate of drug-likeness (QED) is 0.796. The standard InChI is InChI=1S/C17H25NO2S/c1-2-11-21(19,20)16-9-7-15(8-10-16)18-12-17(13-3-4-13)14-5-6-14/h7-10,13-14,17-18H,2-6,11-12H2,1H3. The average Bonchev–Trinajstić information content (AvgIpc) is 3.34. The highest BCUT2D eigenvalue weighted by Gasteiger charge is 2.40. The first-order valence-corrected chi connectivity index (χ1v) is 9.82. The maximum atomic E-state index is 12.0. The molecule has 0 unspecified atom stereocenters. The summed E-state index contributed by atoms with van der Waals surface area (Å²) in [7, 11) is -3.09. The molecule has 3 rings (SSSR count). The number of nitrogens with one attached hydrogen (secondary N) is 1. The summed E-state index contributed by atoms with van der Waals surface area (Å²) < 4.78 is 24.0. The molecule has 0 saturated heterocycles. The highest BCUT2D eigenvalue weighted by Crippen LogP contribution is 2.49. The summed E-state index contributed by atoms with van der Waals surface area (Å²) in [6, 6.07) is 7.27. The van der Waals surface area contributed by atoms with Crippen LogP contribution in [0, 0.1) is 17.8 Å². The van der Waals surface area contributed by atoms with Crippen molar-refractivity contribution in [2.45, 2.75) is 43.9 Å². The molecule has 0 aliphatic heterocycles. The zero-order valence-electron chi connectivity index (χ0n) is 12.7. The van der Waals surface area contributed by atoms with Gasteiger partial charge in [-0.1, -0.05) is 6.92 Å². The number of anilines is 1. The van der Waals surface area contributed by atoms with Crippen molar-refractivity contribution in [2.75, 3.05) is 17.6 Å². The number of hydrogen-bond acceptors (Lipinski definition) is 3. The first-order valence-electron chi connectivity index (χ1n) is 8.17. The molecule has 2 fully saturated rings. The normalized spacial score (nSPS) is 19.0. The van der Waals surface area contributed by atoms with Crippen molar-refractivity contribution < 1.29 is 8.42 Å². The van der Waals surface area contributed by atoms with E-state index in [1.54, 1.807) is 12.1 Å². The Morgan fingerprint density at radius 1 is 1.10 bits per heavy atom. The van der Waals surface area contributed by atoms with Crippen LogP contribution in [0.5, 0.6) is 0 Å². The lowest BCUT2D eigenvalue weighted by Gasteiger charge is -2.17. The number of benzene rings is 1. The molecule has 1 aromatic rings. The Morgan fingerprint density at radius 2 is 1.67 bits per heavy atom. The summed E-state index contributed by atoms with van der Waals surface area (Å²) in [5, 5.41) is 3.50. The van der Waals surface area contributed by atoms with E-state index in [-0.39, 0.29) is 5.75 Å². The molecule has 2 aliphatic carbocycles. The van der Waals surface area contributed by atoms with Gasteiger partial charge in [0.2, 0.25) is 0 Å². The Bertz CT molecular complexity index is 559. The zero-order valence-corrected chi connectivity index (χ0v) is 13.5. The lowest BCUT2D eigenvalue weighted by molar-refractivity contribution is 0.428. The summed E-state index contributed by atoms with van der Waals surface area (Å²) in [5.74, 6) is 2.93. The predicted molar refractivity (Wildman–Crippen MR) is 86.2 cm³/mol. The topological polar surface area (TPSA) is 46.2 Å². The predicted octanol–water partition coefficient (Wildman–Crippen LogP) is 3.72. The van der Waals surface area contributed by atoms with Crippen LogP contribution in [0.3, 0.4) is 0 Å². The van der Waals surface area contributed by atoms with Gasteiger partial charge in [-0.2, -0.15) is 0 Å². The van der Waals surface area contributed by atoms with Gasteiger partial charge in [0.25, 0.3) is 0 Å². The van der Waals surface area contributed by atoms with E-state index >= 15 is 0 Å². The molecule has 1 N–H and O–H groups in total. The molecule has 2 aliphatic rings. The zero-order chi connectivity index (χ0) is 14.9. The van der Waals surface area contributed by atoms with E-state index in [1.165, 1.54) is 25.7 Å². The van der Waals surface area contributed by atoms with Crippen LogP contribution < -0.4 is 5.32 Å². The molecule has 0 heterocycles. The van der Waals surface area contributed by atoms with Crippen molar-refractivity contribution in [1.82, 2.24) is 0 Å². The van der Waals surface area contributed by atoms with Crippen LogP contribution >= 0.6 is 0 Å². The van der Waals surface area contributed by atoms with Crippen LogP contribution in [0.25, 0.3) is 0 Å². The third-order valence-corrected chi connectivity index (χ3v) is 6.62. The molecule has 3 nitrogen and oxygen atoms in total. The maximum absolute atomic E-state index is 12.0. The molecule has 0 atom stereocenters. The lowest BCUT2D eigenvalue weighted by Crippen LogP contribution is -2.18. The monoisotopic (exact) mass is 307 g/mol. The second-order valence-corrected chi connectivity index (χ2v) is 8.67. The smallest absolute Gasteiger partial charge is 0.178 e. The molecule has 0 aromatic heterocycles. The van der Waals surface area contributed by atoms with E-state index in [4.69, 9.17) is 0 Å². The van der Waals surface area contributed by atoms with Crippen molar-refractivity contribution in [3.63, 3.8) is 0 Å². The van der Waals surface area contributed by atoms with E-state index in [1.807, 2.05) is 19.1 Å². The molecular weight excluding hydrogens is 282 g/mol. The van der Waals surface area contributed by atoms with Gasteiger partial charge >= 0.3 is 0 Å². The van der Waals surface area contributed by atoms with E-state index in [2.05, 4.69) is 5.32 Å². The Balaban J connectivity index is 1.59. The Kier molecular flexibility index (Phi) is 4.25. The molecule has 1 aromatic carbocycles. The molecular formula is C17H25NO2S. The summed E-state index contributed by atoms with van der Waals surface area (Å²) in [4.78, 5) is 0.441. The Labute approximate surface area is 128 Å². The van der Waals surface area contributed by atoms with Gasteiger partial charge in [-0.25, -0.2) is 8.42 Å². The number of sulfone groups is 1. The van der Waals surface area contributed by atoms with E-state index in [9.17, 15) is 8.42 Å². The summed E-state index contributed by atoms with van der Waals surface area (Å²) >= 11 is 0. The van der Waals surface area contributed by atoms with Gasteiger partial charge in [0.15, 0.2) is 9.84 Å². The fraction of sp³-hybridized carbons (Fsp3) is 0.647. The van der Waals surface area contributed by atoms with Crippen LogP contribution in [0.4, 0.5) is 5.69 Å². The second kappa shape index (κ2) is 5.99. The maximum Gasteiger partial charge on any atom is 0.178 e. The average molecular weight is 307 g/mol. The van der Waals surface area contributed by atoms with Gasteiger partial charge in [0.1, 0.15) is 0 Å². The van der Waals surface area contributed by atoms with Crippen molar-refractivity contribution in [1.29, 1.82) is 0 Å². The summed E-state index contributed by atoms with van der Waals surface area (Å²) in [6.45, 7) is 2.93. The van der Waals surface area contributed by atoms with Crippen molar-refractivity contribution in [3.8, 4) is 0 Å². The van der Waals surface area contributed by atoms with E-state index < -0.39 is 9.84 Å². The Hall–Kier alpha value is -1.03. The van der Waals surface area contributed by atoms with E-state index in [0.717, 1.165) is 30.0 Å². The SMILES string of the molecule is CCCS(=O)(=O)c1ccc(NCC(C2CC2)C2CC2)cc1. The first kappa shape index (κ1) is 14.9. The third-order valence-electron chi connectivity index (χ3n) is 4.68. The molecule has 0 spiro atoms. The van der Waals surface area contributed by atoms with Crippen LogP contribution in [-0.2, 0) is 9.84 Å². The van der Waals surface area contributed by atoms with Gasteiger partial charge in [-0.05, 0) is 74.1 Å². The van der Waals surface area contributed by atoms with Gasteiger partial charge in [-0.3, -0.25) is 0 Å². The highest BCUT2D eigenvalue weighted by molar-refractivity contribution is 7.91. The van der Waals surface area contributed by atoms with Gasteiger partial charge in [-0.15, -0.1) is 0 Å². The van der Waals surface area contributed by atoms with E-state index in [0.29, 0.717) is 11.3 Å². The van der Waals surface area contributed by atoms with Gasteiger partial charge in [0, 0.05) is 12.2 Å². The number of hydrogen-bond donors (Lipinski definition) is 1. The van der Waals surface area contributed by atoms with Crippen LogP contribution in [0.2, 0.25) is 0 Å². The van der Waals surface area contributed by atoms with Crippen molar-refractivity contribution in [2.24, 2.45) is 17.8 Å². The third kappa shape index (κ3) is 3.79. The van der Waals surface area contributed by atoms with Crippen LogP contribution in [-0.4, -0.2) is 20.7 Å². The minimum atomic E-state index is -3.09. The molecule has 2 saturated carbocycles.